The van der Waals surface area contributed by atoms with E-state index >= 15 is 0 Å². The number of ether oxygens (including phenoxy) is 2. The predicted molar refractivity (Wildman–Crippen MR) is 79.8 cm³/mol. The van der Waals surface area contributed by atoms with Gasteiger partial charge in [0, 0.05) is 9.84 Å². The van der Waals surface area contributed by atoms with Crippen LogP contribution in [0.4, 0.5) is 0 Å². The van der Waals surface area contributed by atoms with E-state index < -0.39 is 0 Å². The Bertz CT molecular complexity index is 348. The standard InChI is InChI=1S/C14H19IO2/c1-4-14(2,10-15)11-17-9-12-5-7-13(16-3)8-6-12/h4-8H,1,9-11H2,2-3H3/t14-/m0/s1. The van der Waals surface area contributed by atoms with Crippen molar-refractivity contribution in [2.75, 3.05) is 18.1 Å². The number of halogens is 1. The largest absolute Gasteiger partial charge is 0.497 e. The Morgan fingerprint density at radius 1 is 1.35 bits per heavy atom. The SMILES string of the molecule is C=C[C@@](C)(CI)COCc1ccc(OC)cc1. The van der Waals surface area contributed by atoms with E-state index in [1.165, 1.54) is 0 Å². The van der Waals surface area contributed by atoms with Crippen LogP contribution in [0.25, 0.3) is 0 Å². The fourth-order valence-electron chi connectivity index (χ4n) is 1.28. The Morgan fingerprint density at radius 3 is 2.47 bits per heavy atom. The first-order valence-electron chi connectivity index (χ1n) is 5.54. The fourth-order valence-corrected chi connectivity index (χ4v) is 1.81. The van der Waals surface area contributed by atoms with Gasteiger partial charge in [0.15, 0.2) is 0 Å². The lowest BCUT2D eigenvalue weighted by Crippen LogP contribution is -2.22. The Labute approximate surface area is 117 Å². The molecule has 17 heavy (non-hydrogen) atoms. The molecule has 0 aliphatic rings. The van der Waals surface area contributed by atoms with Gasteiger partial charge in [0.25, 0.3) is 0 Å². The van der Waals surface area contributed by atoms with Crippen molar-refractivity contribution in [2.24, 2.45) is 5.41 Å². The van der Waals surface area contributed by atoms with Crippen molar-refractivity contribution in [1.29, 1.82) is 0 Å². The summed E-state index contributed by atoms with van der Waals surface area (Å²) in [5.41, 5.74) is 1.22. The lowest BCUT2D eigenvalue weighted by Gasteiger charge is -2.22. The lowest BCUT2D eigenvalue weighted by molar-refractivity contribution is 0.0746. The zero-order chi connectivity index (χ0) is 12.7. The molecule has 0 amide bonds. The highest BCUT2D eigenvalue weighted by Crippen LogP contribution is 2.22. The molecule has 0 aliphatic heterocycles. The summed E-state index contributed by atoms with van der Waals surface area (Å²) in [4.78, 5) is 0. The first kappa shape index (κ1) is 14.5. The van der Waals surface area contributed by atoms with E-state index in [4.69, 9.17) is 9.47 Å². The third kappa shape index (κ3) is 4.68. The first-order chi connectivity index (χ1) is 8.13. The Balaban J connectivity index is 2.42. The molecule has 0 aliphatic carbocycles. The highest BCUT2D eigenvalue weighted by Gasteiger charge is 2.18. The van der Waals surface area contributed by atoms with E-state index in [9.17, 15) is 0 Å². The van der Waals surface area contributed by atoms with Crippen LogP contribution in [-0.4, -0.2) is 18.1 Å². The molecule has 0 spiro atoms. The van der Waals surface area contributed by atoms with Crippen LogP contribution >= 0.6 is 22.6 Å². The van der Waals surface area contributed by atoms with Gasteiger partial charge in [-0.2, -0.15) is 0 Å². The van der Waals surface area contributed by atoms with Gasteiger partial charge in [0.2, 0.25) is 0 Å². The minimum absolute atomic E-state index is 0.0625. The van der Waals surface area contributed by atoms with Crippen molar-refractivity contribution in [1.82, 2.24) is 0 Å². The zero-order valence-corrected chi connectivity index (χ0v) is 12.6. The lowest BCUT2D eigenvalue weighted by atomic mass is 9.95. The summed E-state index contributed by atoms with van der Waals surface area (Å²) in [5.74, 6) is 0.872. The first-order valence-corrected chi connectivity index (χ1v) is 7.06. The van der Waals surface area contributed by atoms with Gasteiger partial charge >= 0.3 is 0 Å². The van der Waals surface area contributed by atoms with Crippen LogP contribution in [0, 0.1) is 5.41 Å². The smallest absolute Gasteiger partial charge is 0.118 e. The van der Waals surface area contributed by atoms with Crippen LogP contribution in [0.3, 0.4) is 0 Å². The molecule has 1 rings (SSSR count). The van der Waals surface area contributed by atoms with Crippen molar-refractivity contribution in [3.05, 3.63) is 42.5 Å². The van der Waals surface area contributed by atoms with E-state index in [-0.39, 0.29) is 5.41 Å². The number of hydrogen-bond acceptors (Lipinski definition) is 2. The summed E-state index contributed by atoms with van der Waals surface area (Å²) >= 11 is 2.36. The van der Waals surface area contributed by atoms with Gasteiger partial charge in [0.1, 0.15) is 5.75 Å². The molecular weight excluding hydrogens is 327 g/mol. The van der Waals surface area contributed by atoms with Gasteiger partial charge < -0.3 is 9.47 Å². The van der Waals surface area contributed by atoms with Crippen molar-refractivity contribution >= 4 is 22.6 Å². The minimum Gasteiger partial charge on any atom is -0.497 e. The van der Waals surface area contributed by atoms with Crippen LogP contribution in [0.1, 0.15) is 12.5 Å². The molecule has 0 radical (unpaired) electrons. The number of hydrogen-bond donors (Lipinski definition) is 0. The van der Waals surface area contributed by atoms with Gasteiger partial charge in [-0.15, -0.1) is 6.58 Å². The topological polar surface area (TPSA) is 18.5 Å². The molecule has 0 bridgehead atoms. The molecule has 1 atom stereocenters. The summed E-state index contributed by atoms with van der Waals surface area (Å²) in [6.45, 7) is 7.33. The Morgan fingerprint density at radius 2 is 2.00 bits per heavy atom. The number of benzene rings is 1. The summed E-state index contributed by atoms with van der Waals surface area (Å²) in [6.07, 6.45) is 1.97. The fraction of sp³-hybridized carbons (Fsp3) is 0.429. The molecule has 0 heterocycles. The molecule has 1 aromatic rings. The molecule has 2 nitrogen and oxygen atoms in total. The molecule has 0 saturated carbocycles. The Hall–Kier alpha value is -0.550. The highest BCUT2D eigenvalue weighted by atomic mass is 127. The van der Waals surface area contributed by atoms with Crippen LogP contribution in [0.2, 0.25) is 0 Å². The maximum absolute atomic E-state index is 5.72. The summed E-state index contributed by atoms with van der Waals surface area (Å²) in [6, 6.07) is 7.94. The summed E-state index contributed by atoms with van der Waals surface area (Å²) in [5, 5.41) is 0. The van der Waals surface area contributed by atoms with Gasteiger partial charge in [-0.3, -0.25) is 0 Å². The number of methoxy groups -OCH3 is 1. The highest BCUT2D eigenvalue weighted by molar-refractivity contribution is 14.1. The normalized spacial score (nSPS) is 14.1. The van der Waals surface area contributed by atoms with Crippen molar-refractivity contribution in [2.45, 2.75) is 13.5 Å². The third-order valence-electron chi connectivity index (χ3n) is 2.66. The number of alkyl halides is 1. The predicted octanol–water partition coefficient (Wildman–Crippen LogP) is 3.84. The molecule has 0 N–H and O–H groups in total. The third-order valence-corrected chi connectivity index (χ3v) is 4.40. The molecule has 0 saturated heterocycles. The molecular formula is C14H19IO2. The van der Waals surface area contributed by atoms with E-state index in [2.05, 4.69) is 36.1 Å². The van der Waals surface area contributed by atoms with E-state index in [1.807, 2.05) is 30.3 Å². The molecule has 0 aromatic heterocycles. The van der Waals surface area contributed by atoms with E-state index in [0.717, 1.165) is 15.7 Å². The van der Waals surface area contributed by atoms with Gasteiger partial charge in [-0.05, 0) is 17.7 Å². The van der Waals surface area contributed by atoms with Crippen molar-refractivity contribution in [3.8, 4) is 5.75 Å². The second kappa shape index (κ2) is 7.01. The number of rotatable bonds is 7. The monoisotopic (exact) mass is 346 g/mol. The van der Waals surface area contributed by atoms with Crippen LogP contribution in [0.5, 0.6) is 5.75 Å². The Kier molecular flexibility index (Phi) is 5.98. The molecule has 3 heteroatoms. The maximum Gasteiger partial charge on any atom is 0.118 e. The van der Waals surface area contributed by atoms with E-state index in [0.29, 0.717) is 13.2 Å². The van der Waals surface area contributed by atoms with Gasteiger partial charge in [0.05, 0.1) is 20.3 Å². The van der Waals surface area contributed by atoms with E-state index in [1.54, 1.807) is 7.11 Å². The average Bonchev–Trinajstić information content (AvgIpc) is 2.39. The average molecular weight is 346 g/mol. The van der Waals surface area contributed by atoms with Crippen molar-refractivity contribution in [3.63, 3.8) is 0 Å². The molecule has 0 fully saturated rings. The second-order valence-electron chi connectivity index (χ2n) is 4.33. The molecule has 0 unspecified atom stereocenters. The van der Waals surface area contributed by atoms with Crippen LogP contribution < -0.4 is 4.74 Å². The zero-order valence-electron chi connectivity index (χ0n) is 10.4. The quantitative estimate of drug-likeness (QED) is 0.424. The summed E-state index contributed by atoms with van der Waals surface area (Å²) < 4.78 is 11.8. The van der Waals surface area contributed by atoms with Gasteiger partial charge in [-0.25, -0.2) is 0 Å². The maximum atomic E-state index is 5.72. The second-order valence-corrected chi connectivity index (χ2v) is 5.10. The van der Waals surface area contributed by atoms with Crippen molar-refractivity contribution < 1.29 is 9.47 Å². The molecule has 94 valence electrons. The minimum atomic E-state index is 0.0625. The summed E-state index contributed by atoms with van der Waals surface area (Å²) in [7, 11) is 1.67. The van der Waals surface area contributed by atoms with Gasteiger partial charge in [-0.1, -0.05) is 47.7 Å². The van der Waals surface area contributed by atoms with Crippen LogP contribution in [-0.2, 0) is 11.3 Å². The molecule has 1 aromatic carbocycles. The van der Waals surface area contributed by atoms with Crippen LogP contribution in [0.15, 0.2) is 36.9 Å².